The Morgan fingerprint density at radius 3 is 2.64 bits per heavy atom. The van der Waals surface area contributed by atoms with Gasteiger partial charge in [-0.25, -0.2) is 0 Å². The van der Waals surface area contributed by atoms with Gasteiger partial charge in [-0.05, 0) is 18.3 Å². The lowest BCUT2D eigenvalue weighted by Crippen LogP contribution is -2.31. The van der Waals surface area contributed by atoms with Crippen molar-refractivity contribution in [2.24, 2.45) is 5.41 Å². The van der Waals surface area contributed by atoms with Crippen LogP contribution in [0, 0.1) is 5.41 Å². The molecule has 2 atom stereocenters. The van der Waals surface area contributed by atoms with Gasteiger partial charge in [-0.2, -0.15) is 0 Å². The van der Waals surface area contributed by atoms with Gasteiger partial charge in [-0.3, -0.25) is 9.97 Å². The smallest absolute Gasteiger partial charge is 0.0686 e. The van der Waals surface area contributed by atoms with Crippen molar-refractivity contribution in [2.75, 3.05) is 0 Å². The largest absolute Gasteiger partial charge is 0.257 e. The molecule has 1 aromatic heterocycles. The number of fused-ring (bicyclic) bond motifs is 5. The molecule has 2 aliphatic carbocycles. The van der Waals surface area contributed by atoms with Gasteiger partial charge in [0.1, 0.15) is 0 Å². The Morgan fingerprint density at radius 1 is 1.21 bits per heavy atom. The van der Waals surface area contributed by atoms with E-state index < -0.39 is 0 Å². The van der Waals surface area contributed by atoms with E-state index in [0.717, 1.165) is 0 Å². The lowest BCUT2D eigenvalue weighted by Gasteiger charge is -2.33. The quantitative estimate of drug-likeness (QED) is 0.625. The predicted octanol–water partition coefficient (Wildman–Crippen LogP) is 2.65. The second kappa shape index (κ2) is 2.18. The molecule has 2 nitrogen and oxygen atoms in total. The molecule has 1 fully saturated rings. The minimum absolute atomic E-state index is 0.265. The van der Waals surface area contributed by atoms with E-state index in [9.17, 15) is 0 Å². The SMILES string of the molecule is CC1(C)[C@@H]2CC[C@@]1(C)c1nccnc12. The van der Waals surface area contributed by atoms with Gasteiger partial charge in [-0.1, -0.05) is 20.8 Å². The molecule has 0 aromatic carbocycles. The molecule has 0 aliphatic heterocycles. The second-order valence-corrected chi connectivity index (χ2v) is 5.44. The lowest BCUT2D eigenvalue weighted by molar-refractivity contribution is 0.227. The minimum Gasteiger partial charge on any atom is -0.257 e. The van der Waals surface area contributed by atoms with Gasteiger partial charge in [0.25, 0.3) is 0 Å². The Kier molecular flexibility index (Phi) is 1.31. The van der Waals surface area contributed by atoms with Gasteiger partial charge < -0.3 is 0 Å². The van der Waals surface area contributed by atoms with E-state index in [1.807, 2.05) is 12.4 Å². The average Bonchev–Trinajstić information content (AvgIpc) is 2.49. The zero-order valence-electron chi connectivity index (χ0n) is 9.04. The zero-order chi connectivity index (χ0) is 9.97. The molecule has 1 aromatic rings. The van der Waals surface area contributed by atoms with Crippen molar-refractivity contribution in [3.8, 4) is 0 Å². The maximum Gasteiger partial charge on any atom is 0.0686 e. The van der Waals surface area contributed by atoms with Crippen molar-refractivity contribution in [1.29, 1.82) is 0 Å². The van der Waals surface area contributed by atoms with Crippen LogP contribution in [0.25, 0.3) is 0 Å². The minimum atomic E-state index is 0.265. The Hall–Kier alpha value is -0.920. The summed E-state index contributed by atoms with van der Waals surface area (Å²) in [6, 6.07) is 0. The van der Waals surface area contributed by atoms with Crippen LogP contribution in [0.1, 0.15) is 50.9 Å². The Morgan fingerprint density at radius 2 is 1.93 bits per heavy atom. The summed E-state index contributed by atoms with van der Waals surface area (Å²) in [4.78, 5) is 9.07. The first kappa shape index (κ1) is 8.39. The molecule has 2 heteroatoms. The molecule has 0 radical (unpaired) electrons. The highest BCUT2D eigenvalue weighted by Crippen LogP contribution is 2.66. The van der Waals surface area contributed by atoms with Gasteiger partial charge in [0.2, 0.25) is 0 Å². The number of nitrogens with zero attached hydrogens (tertiary/aromatic N) is 2. The highest BCUT2D eigenvalue weighted by molar-refractivity contribution is 5.40. The highest BCUT2D eigenvalue weighted by Gasteiger charge is 2.61. The zero-order valence-corrected chi connectivity index (χ0v) is 9.04. The summed E-state index contributed by atoms with van der Waals surface area (Å²) in [5, 5.41) is 0. The average molecular weight is 188 g/mol. The van der Waals surface area contributed by atoms with Gasteiger partial charge >= 0.3 is 0 Å². The fourth-order valence-electron chi connectivity index (χ4n) is 3.43. The van der Waals surface area contributed by atoms with Crippen molar-refractivity contribution in [3.05, 3.63) is 23.8 Å². The Bertz CT molecular complexity index is 397. The van der Waals surface area contributed by atoms with Crippen LogP contribution in [-0.4, -0.2) is 9.97 Å². The van der Waals surface area contributed by atoms with Crippen LogP contribution in [0.3, 0.4) is 0 Å². The lowest BCUT2D eigenvalue weighted by atomic mass is 9.70. The van der Waals surface area contributed by atoms with Gasteiger partial charge in [0.15, 0.2) is 0 Å². The monoisotopic (exact) mass is 188 g/mol. The van der Waals surface area contributed by atoms with Gasteiger partial charge in [-0.15, -0.1) is 0 Å². The molecule has 1 heterocycles. The molecule has 14 heavy (non-hydrogen) atoms. The van der Waals surface area contributed by atoms with E-state index in [1.54, 1.807) is 0 Å². The molecular formula is C12H16N2. The van der Waals surface area contributed by atoms with Crippen LogP contribution >= 0.6 is 0 Å². The molecule has 2 aliphatic rings. The molecule has 0 unspecified atom stereocenters. The summed E-state index contributed by atoms with van der Waals surface area (Å²) in [6.07, 6.45) is 6.23. The summed E-state index contributed by atoms with van der Waals surface area (Å²) in [5.41, 5.74) is 3.14. The second-order valence-electron chi connectivity index (χ2n) is 5.44. The molecule has 0 amide bonds. The van der Waals surface area contributed by atoms with Crippen molar-refractivity contribution >= 4 is 0 Å². The Balaban J connectivity index is 2.31. The molecule has 2 bridgehead atoms. The van der Waals surface area contributed by atoms with Crippen LogP contribution in [0.2, 0.25) is 0 Å². The summed E-state index contributed by atoms with van der Waals surface area (Å²) in [6.45, 7) is 7.09. The van der Waals surface area contributed by atoms with Crippen molar-refractivity contribution in [3.63, 3.8) is 0 Å². The van der Waals surface area contributed by atoms with E-state index in [0.29, 0.717) is 11.3 Å². The van der Waals surface area contributed by atoms with Crippen LogP contribution in [0.5, 0.6) is 0 Å². The van der Waals surface area contributed by atoms with E-state index in [2.05, 4.69) is 30.7 Å². The molecule has 74 valence electrons. The first-order valence-corrected chi connectivity index (χ1v) is 5.39. The summed E-state index contributed by atoms with van der Waals surface area (Å²) in [7, 11) is 0. The van der Waals surface area contributed by atoms with E-state index in [4.69, 9.17) is 0 Å². The maximum atomic E-state index is 4.55. The molecule has 0 spiro atoms. The molecule has 3 rings (SSSR count). The molecule has 0 saturated heterocycles. The summed E-state index contributed by atoms with van der Waals surface area (Å²) >= 11 is 0. The number of rotatable bonds is 0. The first-order valence-electron chi connectivity index (χ1n) is 5.39. The third kappa shape index (κ3) is 0.667. The number of hydrogen-bond donors (Lipinski definition) is 0. The maximum absolute atomic E-state index is 4.55. The van der Waals surface area contributed by atoms with Crippen molar-refractivity contribution in [1.82, 2.24) is 9.97 Å². The third-order valence-electron chi connectivity index (χ3n) is 4.81. The number of hydrogen-bond acceptors (Lipinski definition) is 2. The van der Waals surface area contributed by atoms with Gasteiger partial charge in [0.05, 0.1) is 11.4 Å². The summed E-state index contributed by atoms with van der Waals surface area (Å²) in [5.74, 6) is 0.635. The Labute approximate surface area is 84.8 Å². The summed E-state index contributed by atoms with van der Waals surface area (Å²) < 4.78 is 0. The third-order valence-corrected chi connectivity index (χ3v) is 4.81. The standard InChI is InChI=1S/C12H16N2/c1-11(2)8-4-5-12(11,3)10-9(8)13-6-7-14-10/h6-8H,4-5H2,1-3H3/t8-,12+/m1/s1. The number of aromatic nitrogens is 2. The fourth-order valence-corrected chi connectivity index (χ4v) is 3.43. The van der Waals surface area contributed by atoms with Crippen molar-refractivity contribution in [2.45, 2.75) is 44.9 Å². The first-order chi connectivity index (χ1) is 6.57. The molecular weight excluding hydrogens is 172 g/mol. The van der Waals surface area contributed by atoms with E-state index >= 15 is 0 Å². The predicted molar refractivity (Wildman–Crippen MR) is 55.1 cm³/mol. The highest BCUT2D eigenvalue weighted by atomic mass is 14.9. The van der Waals surface area contributed by atoms with Crippen molar-refractivity contribution < 1.29 is 0 Å². The van der Waals surface area contributed by atoms with Gasteiger partial charge in [0, 0.05) is 23.7 Å². The molecule has 1 saturated carbocycles. The molecule has 0 N–H and O–H groups in total. The fraction of sp³-hybridized carbons (Fsp3) is 0.667. The normalized spacial score (nSPS) is 37.2. The van der Waals surface area contributed by atoms with Crippen LogP contribution < -0.4 is 0 Å². The van der Waals surface area contributed by atoms with Crippen LogP contribution in [-0.2, 0) is 5.41 Å². The van der Waals surface area contributed by atoms with Crippen LogP contribution in [0.4, 0.5) is 0 Å². The van der Waals surface area contributed by atoms with E-state index in [1.165, 1.54) is 24.2 Å². The van der Waals surface area contributed by atoms with E-state index in [-0.39, 0.29) is 5.41 Å². The van der Waals surface area contributed by atoms with Crippen LogP contribution in [0.15, 0.2) is 12.4 Å². The topological polar surface area (TPSA) is 25.8 Å².